The Balaban J connectivity index is 2.84. The fourth-order valence-corrected chi connectivity index (χ4v) is 1.97. The fourth-order valence-electron chi connectivity index (χ4n) is 1.97. The van der Waals surface area contributed by atoms with E-state index in [0.717, 1.165) is 12.0 Å². The second-order valence-corrected chi connectivity index (χ2v) is 4.69. The van der Waals surface area contributed by atoms with Gasteiger partial charge in [0.25, 0.3) is 0 Å². The van der Waals surface area contributed by atoms with Gasteiger partial charge in [-0.15, -0.1) is 0 Å². The molecule has 1 atom stereocenters. The van der Waals surface area contributed by atoms with Gasteiger partial charge >= 0.3 is 5.97 Å². The molecule has 0 aromatic heterocycles. The zero-order valence-corrected chi connectivity index (χ0v) is 12.5. The van der Waals surface area contributed by atoms with E-state index >= 15 is 0 Å². The van der Waals surface area contributed by atoms with E-state index in [1.54, 1.807) is 18.7 Å². The predicted molar refractivity (Wildman–Crippen MR) is 78.0 cm³/mol. The molecule has 0 fully saturated rings. The number of rotatable bonds is 7. The minimum Gasteiger partial charge on any atom is -0.464 e. The van der Waals surface area contributed by atoms with Crippen LogP contribution >= 0.6 is 0 Å². The molecule has 1 aromatic rings. The number of benzene rings is 1. The standard InChI is InChI=1S/C16H23NO3/c1-4-9-15(18)17(13(3)16(19)20-5-2)12-14-10-7-6-8-11-14/h6-8,10-11,13H,4-5,9,12H2,1-3H3. The van der Waals surface area contributed by atoms with E-state index in [1.165, 1.54) is 0 Å². The summed E-state index contributed by atoms with van der Waals surface area (Å²) < 4.78 is 5.02. The van der Waals surface area contributed by atoms with Gasteiger partial charge in [0.05, 0.1) is 6.61 Å². The zero-order chi connectivity index (χ0) is 15.0. The molecule has 1 aromatic carbocycles. The van der Waals surface area contributed by atoms with Crippen LogP contribution in [-0.4, -0.2) is 29.4 Å². The highest BCUT2D eigenvalue weighted by molar-refractivity contribution is 5.84. The van der Waals surface area contributed by atoms with Crippen molar-refractivity contribution in [3.8, 4) is 0 Å². The molecule has 4 nitrogen and oxygen atoms in total. The van der Waals surface area contributed by atoms with Crippen molar-refractivity contribution >= 4 is 11.9 Å². The van der Waals surface area contributed by atoms with E-state index in [0.29, 0.717) is 19.6 Å². The highest BCUT2D eigenvalue weighted by atomic mass is 16.5. The van der Waals surface area contributed by atoms with Gasteiger partial charge in [-0.1, -0.05) is 37.3 Å². The zero-order valence-electron chi connectivity index (χ0n) is 12.5. The first-order chi connectivity index (χ1) is 9.60. The van der Waals surface area contributed by atoms with E-state index < -0.39 is 6.04 Å². The summed E-state index contributed by atoms with van der Waals surface area (Å²) >= 11 is 0. The number of carbonyl (C=O) groups is 2. The second kappa shape index (κ2) is 8.35. The number of hydrogen-bond acceptors (Lipinski definition) is 3. The van der Waals surface area contributed by atoms with Crippen LogP contribution in [0, 0.1) is 0 Å². The number of esters is 1. The van der Waals surface area contributed by atoms with E-state index in [1.807, 2.05) is 37.3 Å². The average molecular weight is 277 g/mol. The van der Waals surface area contributed by atoms with Crippen molar-refractivity contribution in [1.82, 2.24) is 4.90 Å². The normalized spacial score (nSPS) is 11.8. The quantitative estimate of drug-likeness (QED) is 0.720. The number of carbonyl (C=O) groups excluding carboxylic acids is 2. The molecule has 0 heterocycles. The van der Waals surface area contributed by atoms with E-state index in [2.05, 4.69) is 0 Å². The first kappa shape index (κ1) is 16.2. The second-order valence-electron chi connectivity index (χ2n) is 4.69. The summed E-state index contributed by atoms with van der Waals surface area (Å²) in [6, 6.07) is 9.11. The third-order valence-corrected chi connectivity index (χ3v) is 3.08. The van der Waals surface area contributed by atoms with Crippen LogP contribution in [0.5, 0.6) is 0 Å². The summed E-state index contributed by atoms with van der Waals surface area (Å²) in [6.07, 6.45) is 1.20. The summed E-state index contributed by atoms with van der Waals surface area (Å²) in [5.41, 5.74) is 1.01. The lowest BCUT2D eigenvalue weighted by molar-refractivity contribution is -0.154. The van der Waals surface area contributed by atoms with Crippen molar-refractivity contribution in [2.24, 2.45) is 0 Å². The van der Waals surface area contributed by atoms with Gasteiger partial charge < -0.3 is 9.64 Å². The minimum atomic E-state index is -0.561. The Labute approximate surface area is 120 Å². The SMILES string of the molecule is CCCC(=O)N(Cc1ccccc1)C(C)C(=O)OCC. The Morgan fingerprint density at radius 2 is 1.85 bits per heavy atom. The lowest BCUT2D eigenvalue weighted by atomic mass is 10.1. The number of nitrogens with zero attached hydrogens (tertiary/aromatic N) is 1. The Bertz CT molecular complexity index is 431. The van der Waals surface area contributed by atoms with E-state index in [4.69, 9.17) is 4.74 Å². The van der Waals surface area contributed by atoms with E-state index in [9.17, 15) is 9.59 Å². The van der Waals surface area contributed by atoms with Gasteiger partial charge in [0.1, 0.15) is 6.04 Å². The van der Waals surface area contributed by atoms with Crippen LogP contribution in [0.25, 0.3) is 0 Å². The van der Waals surface area contributed by atoms with E-state index in [-0.39, 0.29) is 11.9 Å². The van der Waals surface area contributed by atoms with Gasteiger partial charge in [0.2, 0.25) is 5.91 Å². The van der Waals surface area contributed by atoms with Gasteiger partial charge in [0, 0.05) is 13.0 Å². The van der Waals surface area contributed by atoms with Crippen molar-refractivity contribution < 1.29 is 14.3 Å². The first-order valence-corrected chi connectivity index (χ1v) is 7.10. The molecular formula is C16H23NO3. The predicted octanol–water partition coefficient (Wildman–Crippen LogP) is 2.77. The molecule has 1 rings (SSSR count). The first-order valence-electron chi connectivity index (χ1n) is 7.10. The Morgan fingerprint density at radius 1 is 1.20 bits per heavy atom. The maximum Gasteiger partial charge on any atom is 0.328 e. The molecular weight excluding hydrogens is 254 g/mol. The minimum absolute atomic E-state index is 0.0168. The molecule has 0 aliphatic carbocycles. The lowest BCUT2D eigenvalue weighted by Crippen LogP contribution is -2.43. The van der Waals surface area contributed by atoms with Gasteiger partial charge in [-0.05, 0) is 25.8 Å². The maximum absolute atomic E-state index is 12.2. The fraction of sp³-hybridized carbons (Fsp3) is 0.500. The molecule has 20 heavy (non-hydrogen) atoms. The Kier molecular flexibility index (Phi) is 6.77. The maximum atomic E-state index is 12.2. The lowest BCUT2D eigenvalue weighted by Gasteiger charge is -2.28. The molecule has 0 aliphatic rings. The molecule has 1 amide bonds. The van der Waals surface area contributed by atoms with Crippen molar-refractivity contribution in [3.05, 3.63) is 35.9 Å². The summed E-state index contributed by atoms with van der Waals surface area (Å²) in [7, 11) is 0. The molecule has 0 saturated heterocycles. The van der Waals surface area contributed by atoms with Gasteiger partial charge in [-0.25, -0.2) is 4.79 Å². The number of hydrogen-bond donors (Lipinski definition) is 0. The number of amides is 1. The van der Waals surface area contributed by atoms with Gasteiger partial charge in [-0.2, -0.15) is 0 Å². The molecule has 0 bridgehead atoms. The highest BCUT2D eigenvalue weighted by Crippen LogP contribution is 2.12. The van der Waals surface area contributed by atoms with Crippen LogP contribution in [0.4, 0.5) is 0 Å². The van der Waals surface area contributed by atoms with Crippen LogP contribution in [0.1, 0.15) is 39.2 Å². The highest BCUT2D eigenvalue weighted by Gasteiger charge is 2.26. The summed E-state index contributed by atoms with van der Waals surface area (Å²) in [6.45, 7) is 6.19. The Hall–Kier alpha value is -1.84. The molecule has 0 saturated carbocycles. The van der Waals surface area contributed by atoms with Gasteiger partial charge in [-0.3, -0.25) is 4.79 Å². The largest absolute Gasteiger partial charge is 0.464 e. The molecule has 0 aliphatic heterocycles. The summed E-state index contributed by atoms with van der Waals surface area (Å²) in [5.74, 6) is -0.371. The third-order valence-electron chi connectivity index (χ3n) is 3.08. The molecule has 0 spiro atoms. The molecule has 0 radical (unpaired) electrons. The smallest absolute Gasteiger partial charge is 0.328 e. The summed E-state index contributed by atoms with van der Waals surface area (Å²) in [4.78, 5) is 25.7. The average Bonchev–Trinajstić information content (AvgIpc) is 2.45. The van der Waals surface area contributed by atoms with Crippen molar-refractivity contribution in [2.75, 3.05) is 6.61 Å². The monoisotopic (exact) mass is 277 g/mol. The van der Waals surface area contributed by atoms with Crippen LogP contribution in [-0.2, 0) is 20.9 Å². The van der Waals surface area contributed by atoms with Crippen LogP contribution < -0.4 is 0 Å². The topological polar surface area (TPSA) is 46.6 Å². The summed E-state index contributed by atoms with van der Waals surface area (Å²) in [5, 5.41) is 0. The molecule has 110 valence electrons. The molecule has 4 heteroatoms. The molecule has 1 unspecified atom stereocenters. The van der Waals surface area contributed by atoms with Crippen LogP contribution in [0.15, 0.2) is 30.3 Å². The van der Waals surface area contributed by atoms with Crippen molar-refractivity contribution in [2.45, 2.75) is 46.2 Å². The van der Waals surface area contributed by atoms with Gasteiger partial charge in [0.15, 0.2) is 0 Å². The van der Waals surface area contributed by atoms with Crippen LogP contribution in [0.3, 0.4) is 0 Å². The van der Waals surface area contributed by atoms with Crippen LogP contribution in [0.2, 0.25) is 0 Å². The van der Waals surface area contributed by atoms with Crippen molar-refractivity contribution in [3.63, 3.8) is 0 Å². The van der Waals surface area contributed by atoms with Crippen molar-refractivity contribution in [1.29, 1.82) is 0 Å². The number of ether oxygens (including phenoxy) is 1. The third kappa shape index (κ3) is 4.68. The Morgan fingerprint density at radius 3 is 2.40 bits per heavy atom. The molecule has 0 N–H and O–H groups in total.